The molecule has 1 aromatic carbocycles. The number of hydrogen-bond donors (Lipinski definition) is 0. The molecular weight excluding hydrogens is 210 g/mol. The van der Waals surface area contributed by atoms with Crippen molar-refractivity contribution in [1.82, 2.24) is 0 Å². The van der Waals surface area contributed by atoms with E-state index >= 15 is 0 Å². The lowest BCUT2D eigenvalue weighted by molar-refractivity contribution is 0.241. The molecule has 0 aromatic heterocycles. The Bertz CT molecular complexity index is 412. The summed E-state index contributed by atoms with van der Waals surface area (Å²) in [5.41, 5.74) is 3.06. The van der Waals surface area contributed by atoms with E-state index in [1.54, 1.807) is 0 Å². The van der Waals surface area contributed by atoms with Crippen LogP contribution in [0, 0.1) is 30.6 Å². The Kier molecular flexibility index (Phi) is 4.17. The lowest BCUT2D eigenvalue weighted by Gasteiger charge is -2.19. The first-order valence-electron chi connectivity index (χ1n) is 5.97. The zero-order valence-electron chi connectivity index (χ0n) is 11.4. The minimum absolute atomic E-state index is 0.286. The first kappa shape index (κ1) is 13.6. The van der Waals surface area contributed by atoms with Crippen molar-refractivity contribution < 1.29 is 4.74 Å². The second-order valence-corrected chi connectivity index (χ2v) is 5.71. The van der Waals surface area contributed by atoms with Crippen LogP contribution in [-0.2, 0) is 0 Å². The molecular formula is C15H21NO. The van der Waals surface area contributed by atoms with Crippen molar-refractivity contribution in [2.75, 3.05) is 6.61 Å². The van der Waals surface area contributed by atoms with Crippen molar-refractivity contribution in [2.24, 2.45) is 5.41 Å². The van der Waals surface area contributed by atoms with Crippen LogP contribution >= 0.6 is 0 Å². The summed E-state index contributed by atoms with van der Waals surface area (Å²) in [4.78, 5) is 0. The summed E-state index contributed by atoms with van der Waals surface area (Å²) < 4.78 is 5.83. The minimum Gasteiger partial charge on any atom is -0.493 e. The zero-order chi connectivity index (χ0) is 13.1. The Morgan fingerprint density at radius 2 is 1.71 bits per heavy atom. The van der Waals surface area contributed by atoms with E-state index in [1.165, 1.54) is 0 Å². The molecule has 0 saturated heterocycles. The summed E-state index contributed by atoms with van der Waals surface area (Å²) in [5, 5.41) is 8.87. The standard InChI is InChI=1S/C15H21NO/c1-11-8-13(10-16)9-12(2)14(11)17-7-6-15(3,4)5/h8-9H,6-7H2,1-5H3. The van der Waals surface area contributed by atoms with Gasteiger partial charge in [0.2, 0.25) is 0 Å². The number of rotatable bonds is 3. The molecule has 0 fully saturated rings. The predicted molar refractivity (Wildman–Crippen MR) is 70.2 cm³/mol. The zero-order valence-corrected chi connectivity index (χ0v) is 11.4. The summed E-state index contributed by atoms with van der Waals surface area (Å²) in [6, 6.07) is 5.91. The van der Waals surface area contributed by atoms with Gasteiger partial charge in [0.05, 0.1) is 18.2 Å². The first-order valence-corrected chi connectivity index (χ1v) is 5.97. The molecule has 0 radical (unpaired) electrons. The highest BCUT2D eigenvalue weighted by molar-refractivity contribution is 5.47. The van der Waals surface area contributed by atoms with Gasteiger partial charge in [-0.25, -0.2) is 0 Å². The fourth-order valence-corrected chi connectivity index (χ4v) is 1.70. The topological polar surface area (TPSA) is 33.0 Å². The van der Waals surface area contributed by atoms with Gasteiger partial charge >= 0.3 is 0 Å². The van der Waals surface area contributed by atoms with Gasteiger partial charge in [0.15, 0.2) is 0 Å². The number of nitrogens with zero attached hydrogens (tertiary/aromatic N) is 1. The van der Waals surface area contributed by atoms with E-state index in [0.717, 1.165) is 29.9 Å². The van der Waals surface area contributed by atoms with E-state index in [4.69, 9.17) is 10.00 Å². The summed E-state index contributed by atoms with van der Waals surface area (Å²) >= 11 is 0. The van der Waals surface area contributed by atoms with Crippen molar-refractivity contribution in [1.29, 1.82) is 5.26 Å². The molecule has 0 atom stereocenters. The van der Waals surface area contributed by atoms with E-state index < -0.39 is 0 Å². The van der Waals surface area contributed by atoms with Crippen molar-refractivity contribution in [3.05, 3.63) is 28.8 Å². The van der Waals surface area contributed by atoms with Crippen LogP contribution in [-0.4, -0.2) is 6.61 Å². The molecule has 0 heterocycles. The lowest BCUT2D eigenvalue weighted by atomic mass is 9.93. The highest BCUT2D eigenvalue weighted by Gasteiger charge is 2.11. The Morgan fingerprint density at radius 1 is 1.18 bits per heavy atom. The molecule has 0 unspecified atom stereocenters. The van der Waals surface area contributed by atoms with Gasteiger partial charge in [0.1, 0.15) is 5.75 Å². The fourth-order valence-electron chi connectivity index (χ4n) is 1.70. The maximum absolute atomic E-state index is 8.87. The normalized spacial score (nSPS) is 11.1. The number of hydrogen-bond acceptors (Lipinski definition) is 2. The van der Waals surface area contributed by atoms with Gasteiger partial charge < -0.3 is 4.74 Å². The Balaban J connectivity index is 2.76. The van der Waals surface area contributed by atoms with E-state index in [0.29, 0.717) is 5.56 Å². The minimum atomic E-state index is 0.286. The molecule has 0 saturated carbocycles. The molecule has 2 nitrogen and oxygen atoms in total. The van der Waals surface area contributed by atoms with Gasteiger partial charge in [-0.3, -0.25) is 0 Å². The number of benzene rings is 1. The second kappa shape index (κ2) is 5.23. The number of aryl methyl sites for hydroxylation is 2. The highest BCUT2D eigenvalue weighted by atomic mass is 16.5. The summed E-state index contributed by atoms with van der Waals surface area (Å²) in [7, 11) is 0. The van der Waals surface area contributed by atoms with Crippen LogP contribution in [0.25, 0.3) is 0 Å². The molecule has 17 heavy (non-hydrogen) atoms. The van der Waals surface area contributed by atoms with Crippen LogP contribution in [0.5, 0.6) is 5.75 Å². The van der Waals surface area contributed by atoms with E-state index in [-0.39, 0.29) is 5.41 Å². The van der Waals surface area contributed by atoms with Crippen molar-refractivity contribution in [3.63, 3.8) is 0 Å². The molecule has 0 bridgehead atoms. The Morgan fingerprint density at radius 3 is 2.12 bits per heavy atom. The average molecular weight is 231 g/mol. The van der Waals surface area contributed by atoms with E-state index in [1.807, 2.05) is 26.0 Å². The third-order valence-electron chi connectivity index (χ3n) is 2.69. The van der Waals surface area contributed by atoms with Crippen molar-refractivity contribution >= 4 is 0 Å². The third kappa shape index (κ3) is 4.11. The molecule has 1 aromatic rings. The maximum Gasteiger partial charge on any atom is 0.125 e. The Labute approximate surface area is 104 Å². The molecule has 0 aliphatic rings. The van der Waals surface area contributed by atoms with Gasteiger partial charge in [-0.1, -0.05) is 20.8 Å². The summed E-state index contributed by atoms with van der Waals surface area (Å²) in [6.45, 7) is 11.3. The fraction of sp³-hybridized carbons (Fsp3) is 0.533. The summed E-state index contributed by atoms with van der Waals surface area (Å²) in [5.74, 6) is 0.924. The first-order chi connectivity index (χ1) is 7.83. The molecule has 0 aliphatic heterocycles. The van der Waals surface area contributed by atoms with Gasteiger partial charge in [-0.15, -0.1) is 0 Å². The Hall–Kier alpha value is -1.49. The second-order valence-electron chi connectivity index (χ2n) is 5.71. The van der Waals surface area contributed by atoms with Crippen LogP contribution in [0.4, 0.5) is 0 Å². The van der Waals surface area contributed by atoms with Crippen LogP contribution in [0.3, 0.4) is 0 Å². The smallest absolute Gasteiger partial charge is 0.125 e. The van der Waals surface area contributed by atoms with Gasteiger partial charge in [0, 0.05) is 0 Å². The van der Waals surface area contributed by atoms with E-state index in [2.05, 4.69) is 26.8 Å². The lowest BCUT2D eigenvalue weighted by Crippen LogP contribution is -2.12. The third-order valence-corrected chi connectivity index (χ3v) is 2.69. The molecule has 2 heteroatoms. The quantitative estimate of drug-likeness (QED) is 0.788. The monoisotopic (exact) mass is 231 g/mol. The van der Waals surface area contributed by atoms with Crippen molar-refractivity contribution in [3.8, 4) is 11.8 Å². The van der Waals surface area contributed by atoms with Crippen LogP contribution in [0.1, 0.15) is 43.9 Å². The van der Waals surface area contributed by atoms with Gasteiger partial charge in [-0.2, -0.15) is 5.26 Å². The van der Waals surface area contributed by atoms with Gasteiger partial charge in [-0.05, 0) is 48.9 Å². The van der Waals surface area contributed by atoms with Crippen LogP contribution in [0.2, 0.25) is 0 Å². The maximum atomic E-state index is 8.87. The SMILES string of the molecule is Cc1cc(C#N)cc(C)c1OCCC(C)(C)C. The highest BCUT2D eigenvalue weighted by Crippen LogP contribution is 2.26. The summed E-state index contributed by atoms with van der Waals surface area (Å²) in [6.07, 6.45) is 1.02. The number of ether oxygens (including phenoxy) is 1. The predicted octanol–water partition coefficient (Wildman–Crippen LogP) is 3.99. The largest absolute Gasteiger partial charge is 0.493 e. The molecule has 0 N–H and O–H groups in total. The molecule has 1 rings (SSSR count). The molecule has 0 spiro atoms. The molecule has 0 aliphatic carbocycles. The molecule has 92 valence electrons. The van der Waals surface area contributed by atoms with Crippen molar-refractivity contribution in [2.45, 2.75) is 41.0 Å². The van der Waals surface area contributed by atoms with Gasteiger partial charge in [0.25, 0.3) is 0 Å². The molecule has 0 amide bonds. The number of nitriles is 1. The van der Waals surface area contributed by atoms with Crippen LogP contribution in [0.15, 0.2) is 12.1 Å². The average Bonchev–Trinajstić information content (AvgIpc) is 2.20. The van der Waals surface area contributed by atoms with Crippen LogP contribution < -0.4 is 4.74 Å². The van der Waals surface area contributed by atoms with E-state index in [9.17, 15) is 0 Å².